The first-order chi connectivity index (χ1) is 14.5. The lowest BCUT2D eigenvalue weighted by molar-refractivity contribution is -0.153. The number of hydrogen-bond acceptors (Lipinski definition) is 7. The summed E-state index contributed by atoms with van der Waals surface area (Å²) in [5.74, 6) is -1.24. The van der Waals surface area contributed by atoms with Crippen LogP contribution in [0.1, 0.15) is 18.7 Å². The Kier molecular flexibility index (Phi) is 7.31. The van der Waals surface area contributed by atoms with Crippen molar-refractivity contribution >= 4 is 40.6 Å². The maximum atomic E-state index is 12.5. The van der Waals surface area contributed by atoms with Gasteiger partial charge in [0.25, 0.3) is 5.91 Å². The zero-order chi connectivity index (χ0) is 21.5. The number of nitrogens with zero attached hydrogens (tertiary/aromatic N) is 1. The van der Waals surface area contributed by atoms with Crippen LogP contribution in [0.25, 0.3) is 21.1 Å². The van der Waals surface area contributed by atoms with Crippen molar-refractivity contribution in [2.75, 3.05) is 6.54 Å². The lowest BCUT2D eigenvalue weighted by Crippen LogP contribution is -2.44. The summed E-state index contributed by atoms with van der Waals surface area (Å²) in [6.07, 6.45) is -1.11. The molecule has 1 atom stereocenters. The Hall–Kier alpha value is -3.04. The van der Waals surface area contributed by atoms with E-state index in [1.165, 1.54) is 29.6 Å². The van der Waals surface area contributed by atoms with Gasteiger partial charge in [-0.15, -0.1) is 22.7 Å². The van der Waals surface area contributed by atoms with Crippen LogP contribution < -0.4 is 10.6 Å². The number of rotatable bonds is 7. The van der Waals surface area contributed by atoms with Crippen LogP contribution in [0.2, 0.25) is 0 Å². The molecule has 0 aliphatic rings. The quantitative estimate of drug-likeness (QED) is 0.541. The zero-order valence-corrected chi connectivity index (χ0v) is 18.1. The largest absolute Gasteiger partial charge is 0.452 e. The fourth-order valence-electron chi connectivity index (χ4n) is 2.62. The van der Waals surface area contributed by atoms with Crippen LogP contribution in [0, 0.1) is 0 Å². The topological polar surface area (TPSA) is 97.4 Å². The summed E-state index contributed by atoms with van der Waals surface area (Å²) in [4.78, 5) is 42.4. The van der Waals surface area contributed by atoms with Crippen molar-refractivity contribution in [3.05, 3.63) is 52.7 Å². The van der Waals surface area contributed by atoms with E-state index in [9.17, 15) is 14.4 Å². The Morgan fingerprint density at radius 3 is 2.57 bits per heavy atom. The van der Waals surface area contributed by atoms with E-state index in [1.54, 1.807) is 6.92 Å². The van der Waals surface area contributed by atoms with Gasteiger partial charge in [-0.2, -0.15) is 0 Å². The smallest absolute Gasteiger partial charge is 0.321 e. The van der Waals surface area contributed by atoms with Gasteiger partial charge in [0, 0.05) is 17.0 Å². The van der Waals surface area contributed by atoms with Crippen LogP contribution in [-0.2, 0) is 20.7 Å². The van der Waals surface area contributed by atoms with Crippen LogP contribution in [-0.4, -0.2) is 35.5 Å². The highest BCUT2D eigenvalue weighted by molar-refractivity contribution is 7.17. The molecule has 3 amide bonds. The Labute approximate surface area is 182 Å². The second-order valence-corrected chi connectivity index (χ2v) is 8.32. The minimum Gasteiger partial charge on any atom is -0.452 e. The van der Waals surface area contributed by atoms with Gasteiger partial charge < -0.3 is 10.1 Å². The molecule has 7 nitrogen and oxygen atoms in total. The van der Waals surface area contributed by atoms with Crippen molar-refractivity contribution in [3.63, 3.8) is 0 Å². The first-order valence-electron chi connectivity index (χ1n) is 9.35. The minimum atomic E-state index is -1.09. The number of hydrogen-bond donors (Lipinski definition) is 2. The van der Waals surface area contributed by atoms with E-state index in [0.717, 1.165) is 26.0 Å². The lowest BCUT2D eigenvalue weighted by Gasteiger charge is -2.12. The van der Waals surface area contributed by atoms with Crippen molar-refractivity contribution in [3.8, 4) is 21.1 Å². The standard InChI is InChI=1S/C21H21N3O4S2/c1-3-22-21(27)24-19(26)13(2)28-17(25)12-16-18(15-10-7-11-29-15)23-20(30-16)14-8-5-4-6-9-14/h4-11,13H,3,12H2,1-2H3,(H2,22,24,26,27). The molecule has 0 saturated carbocycles. The van der Waals surface area contributed by atoms with Gasteiger partial charge in [0.2, 0.25) is 0 Å². The number of aromatic nitrogens is 1. The van der Waals surface area contributed by atoms with Crippen LogP contribution in [0.5, 0.6) is 0 Å². The van der Waals surface area contributed by atoms with Crippen molar-refractivity contribution in [1.29, 1.82) is 0 Å². The van der Waals surface area contributed by atoms with Gasteiger partial charge in [-0.3, -0.25) is 14.9 Å². The second kappa shape index (κ2) is 10.1. The third-order valence-corrected chi connectivity index (χ3v) is 6.01. The zero-order valence-electron chi connectivity index (χ0n) is 16.5. The first kappa shape index (κ1) is 21.7. The summed E-state index contributed by atoms with van der Waals surface area (Å²) in [6.45, 7) is 3.54. The summed E-state index contributed by atoms with van der Waals surface area (Å²) in [7, 11) is 0. The molecule has 9 heteroatoms. The number of imide groups is 1. The third-order valence-electron chi connectivity index (χ3n) is 4.03. The molecule has 1 aromatic carbocycles. The molecule has 30 heavy (non-hydrogen) atoms. The van der Waals surface area contributed by atoms with E-state index in [0.29, 0.717) is 6.54 Å². The van der Waals surface area contributed by atoms with Crippen molar-refractivity contribution in [2.45, 2.75) is 26.4 Å². The van der Waals surface area contributed by atoms with E-state index in [-0.39, 0.29) is 6.42 Å². The number of ether oxygens (including phenoxy) is 1. The van der Waals surface area contributed by atoms with E-state index < -0.39 is 24.0 Å². The number of nitrogens with one attached hydrogen (secondary N) is 2. The highest BCUT2D eigenvalue weighted by atomic mass is 32.1. The number of amides is 3. The van der Waals surface area contributed by atoms with E-state index >= 15 is 0 Å². The second-order valence-electron chi connectivity index (χ2n) is 6.29. The molecule has 156 valence electrons. The average molecular weight is 444 g/mol. The molecular formula is C21H21N3O4S2. The van der Waals surface area contributed by atoms with Crippen molar-refractivity contribution in [1.82, 2.24) is 15.6 Å². The molecule has 0 radical (unpaired) electrons. The van der Waals surface area contributed by atoms with Crippen LogP contribution in [0.4, 0.5) is 4.79 Å². The normalized spacial score (nSPS) is 11.5. The number of carbonyl (C=O) groups excluding carboxylic acids is 3. The Morgan fingerprint density at radius 1 is 1.13 bits per heavy atom. The molecule has 1 unspecified atom stereocenters. The Balaban J connectivity index is 1.73. The predicted octanol–water partition coefficient (Wildman–Crippen LogP) is 3.86. The number of esters is 1. The molecule has 0 aliphatic heterocycles. The number of thiophene rings is 1. The number of benzene rings is 1. The molecule has 2 heterocycles. The maximum Gasteiger partial charge on any atom is 0.321 e. The SMILES string of the molecule is CCNC(=O)NC(=O)C(C)OC(=O)Cc1sc(-c2ccccc2)nc1-c1cccs1. The fraction of sp³-hybridized carbons (Fsp3) is 0.238. The summed E-state index contributed by atoms with van der Waals surface area (Å²) < 4.78 is 5.23. The molecule has 3 rings (SSSR count). The summed E-state index contributed by atoms with van der Waals surface area (Å²) in [6, 6.07) is 13.0. The molecular weight excluding hydrogens is 422 g/mol. The van der Waals surface area contributed by atoms with Crippen molar-refractivity contribution in [2.24, 2.45) is 0 Å². The summed E-state index contributed by atoms with van der Waals surface area (Å²) in [5.41, 5.74) is 1.71. The highest BCUT2D eigenvalue weighted by Crippen LogP contribution is 2.36. The van der Waals surface area contributed by atoms with Gasteiger partial charge in [0.1, 0.15) is 5.01 Å². The molecule has 0 fully saturated rings. The third kappa shape index (κ3) is 5.52. The summed E-state index contributed by atoms with van der Waals surface area (Å²) in [5, 5.41) is 7.34. The van der Waals surface area contributed by atoms with Gasteiger partial charge in [-0.25, -0.2) is 9.78 Å². The van der Waals surface area contributed by atoms with Crippen LogP contribution in [0.15, 0.2) is 47.8 Å². The van der Waals surface area contributed by atoms with Gasteiger partial charge in [-0.1, -0.05) is 36.4 Å². The van der Waals surface area contributed by atoms with Gasteiger partial charge in [0.05, 0.1) is 17.0 Å². The summed E-state index contributed by atoms with van der Waals surface area (Å²) >= 11 is 2.96. The lowest BCUT2D eigenvalue weighted by atomic mass is 10.2. The van der Waals surface area contributed by atoms with E-state index in [2.05, 4.69) is 10.6 Å². The molecule has 0 aliphatic carbocycles. The molecule has 2 aromatic heterocycles. The predicted molar refractivity (Wildman–Crippen MR) is 117 cm³/mol. The molecule has 0 saturated heterocycles. The monoisotopic (exact) mass is 443 g/mol. The number of carbonyl (C=O) groups is 3. The highest BCUT2D eigenvalue weighted by Gasteiger charge is 2.23. The fourth-order valence-corrected chi connectivity index (χ4v) is 4.50. The van der Waals surface area contributed by atoms with Crippen LogP contribution >= 0.6 is 22.7 Å². The minimum absolute atomic E-state index is 0.0174. The average Bonchev–Trinajstić information content (AvgIpc) is 3.38. The Morgan fingerprint density at radius 2 is 1.90 bits per heavy atom. The molecule has 3 aromatic rings. The van der Waals surface area contributed by atoms with Gasteiger partial charge in [-0.05, 0) is 25.3 Å². The maximum absolute atomic E-state index is 12.5. The van der Waals surface area contributed by atoms with Gasteiger partial charge >= 0.3 is 12.0 Å². The first-order valence-corrected chi connectivity index (χ1v) is 11.0. The van der Waals surface area contributed by atoms with Crippen LogP contribution in [0.3, 0.4) is 0 Å². The molecule has 2 N–H and O–H groups in total. The molecule has 0 bridgehead atoms. The number of urea groups is 1. The Bertz CT molecular complexity index is 1020. The van der Waals surface area contributed by atoms with Gasteiger partial charge in [0.15, 0.2) is 6.10 Å². The van der Waals surface area contributed by atoms with E-state index in [4.69, 9.17) is 9.72 Å². The molecule has 0 spiro atoms. The van der Waals surface area contributed by atoms with E-state index in [1.807, 2.05) is 47.8 Å². The van der Waals surface area contributed by atoms with Crippen molar-refractivity contribution < 1.29 is 19.1 Å². The number of thiazole rings is 1.